The van der Waals surface area contributed by atoms with E-state index in [0.29, 0.717) is 43.2 Å². The number of nitrogens with zero attached hydrogens (tertiary/aromatic N) is 4. The predicted octanol–water partition coefficient (Wildman–Crippen LogP) is 2.33. The molecular formula is C22H23N5O4. The van der Waals surface area contributed by atoms with E-state index in [0.717, 1.165) is 5.69 Å². The Hall–Kier alpha value is -3.75. The van der Waals surface area contributed by atoms with Gasteiger partial charge in [0.15, 0.2) is 11.5 Å². The molecule has 1 fully saturated rings. The molecule has 0 radical (unpaired) electrons. The summed E-state index contributed by atoms with van der Waals surface area (Å²) in [5.74, 6) is 0.183. The van der Waals surface area contributed by atoms with Crippen molar-refractivity contribution in [1.82, 2.24) is 19.8 Å². The zero-order valence-corrected chi connectivity index (χ0v) is 17.4. The number of piperidine rings is 1. The van der Waals surface area contributed by atoms with E-state index in [2.05, 4.69) is 15.6 Å². The third-order valence-electron chi connectivity index (χ3n) is 5.34. The Kier molecular flexibility index (Phi) is 5.66. The van der Waals surface area contributed by atoms with Crippen molar-refractivity contribution in [3.63, 3.8) is 0 Å². The average molecular weight is 421 g/mol. The summed E-state index contributed by atoms with van der Waals surface area (Å²) in [5, 5.41) is 10.8. The van der Waals surface area contributed by atoms with Crippen molar-refractivity contribution in [3.05, 3.63) is 69.8 Å². The van der Waals surface area contributed by atoms with Crippen molar-refractivity contribution in [1.29, 1.82) is 0 Å². The number of carbonyl (C=O) groups excluding carboxylic acids is 2. The van der Waals surface area contributed by atoms with Crippen LogP contribution in [0.15, 0.2) is 51.8 Å². The molecule has 1 saturated heterocycles. The van der Waals surface area contributed by atoms with E-state index >= 15 is 0 Å². The van der Waals surface area contributed by atoms with E-state index in [1.165, 1.54) is 6.07 Å². The fraction of sp³-hybridized carbons (Fsp3) is 0.318. The van der Waals surface area contributed by atoms with Crippen molar-refractivity contribution < 1.29 is 14.1 Å². The monoisotopic (exact) mass is 421 g/mol. The molecule has 3 heterocycles. The smallest absolute Gasteiger partial charge is 0.278 e. The molecule has 9 nitrogen and oxygen atoms in total. The first-order valence-corrected chi connectivity index (χ1v) is 10.1. The number of anilines is 1. The summed E-state index contributed by atoms with van der Waals surface area (Å²) in [5.41, 5.74) is 0.894. The Balaban J connectivity index is 1.45. The van der Waals surface area contributed by atoms with Gasteiger partial charge in [0.25, 0.3) is 5.91 Å². The average Bonchev–Trinajstić information content (AvgIpc) is 3.18. The molecule has 4 rings (SSSR count). The van der Waals surface area contributed by atoms with Gasteiger partial charge in [-0.15, -0.1) is 0 Å². The van der Waals surface area contributed by atoms with E-state index in [1.54, 1.807) is 29.5 Å². The summed E-state index contributed by atoms with van der Waals surface area (Å²) in [4.78, 5) is 39.5. The Labute approximate surface area is 178 Å². The molecule has 0 unspecified atom stereocenters. The SMILES string of the molecule is Cc1cc(NC(=O)C2CCN(C(=O)c3nn(-c4ccccc4)c(C)cc3=O)CC2)no1. The first-order chi connectivity index (χ1) is 14.9. The number of aromatic nitrogens is 3. The molecule has 1 aromatic carbocycles. The molecular weight excluding hydrogens is 398 g/mol. The molecule has 0 aliphatic carbocycles. The zero-order chi connectivity index (χ0) is 22.0. The van der Waals surface area contributed by atoms with E-state index in [1.807, 2.05) is 30.3 Å². The molecule has 0 spiro atoms. The lowest BCUT2D eigenvalue weighted by Crippen LogP contribution is -2.43. The standard InChI is InChI=1S/C22H23N5O4/c1-14-12-18(28)20(24-27(14)17-6-4-3-5-7-17)22(30)26-10-8-16(9-11-26)21(29)23-19-13-15(2)31-25-19/h3-7,12-13,16H,8-11H2,1-2H3,(H,23,25,29). The maximum atomic E-state index is 13.0. The van der Waals surface area contributed by atoms with Gasteiger partial charge < -0.3 is 14.7 Å². The Morgan fingerprint density at radius 2 is 1.81 bits per heavy atom. The lowest BCUT2D eigenvalue weighted by Gasteiger charge is -2.30. The largest absolute Gasteiger partial charge is 0.360 e. The summed E-state index contributed by atoms with van der Waals surface area (Å²) < 4.78 is 6.55. The van der Waals surface area contributed by atoms with Gasteiger partial charge in [-0.1, -0.05) is 23.4 Å². The van der Waals surface area contributed by atoms with Crippen LogP contribution < -0.4 is 10.7 Å². The fourth-order valence-corrected chi connectivity index (χ4v) is 3.67. The number of hydrogen-bond acceptors (Lipinski definition) is 6. The van der Waals surface area contributed by atoms with Gasteiger partial charge in [0.2, 0.25) is 11.3 Å². The first-order valence-electron chi connectivity index (χ1n) is 10.1. The molecule has 0 bridgehead atoms. The molecule has 0 atom stereocenters. The highest BCUT2D eigenvalue weighted by atomic mass is 16.5. The van der Waals surface area contributed by atoms with Crippen LogP contribution in [0.5, 0.6) is 0 Å². The van der Waals surface area contributed by atoms with Crippen molar-refractivity contribution in [2.24, 2.45) is 5.92 Å². The molecule has 2 amide bonds. The maximum absolute atomic E-state index is 13.0. The number of para-hydroxylation sites is 1. The number of carbonyl (C=O) groups is 2. The molecule has 31 heavy (non-hydrogen) atoms. The second kappa shape index (κ2) is 8.55. The highest BCUT2D eigenvalue weighted by Crippen LogP contribution is 2.20. The van der Waals surface area contributed by atoms with E-state index < -0.39 is 11.3 Å². The van der Waals surface area contributed by atoms with Crippen molar-refractivity contribution in [2.75, 3.05) is 18.4 Å². The molecule has 0 saturated carbocycles. The molecule has 2 aromatic heterocycles. The Morgan fingerprint density at radius 3 is 2.45 bits per heavy atom. The van der Waals surface area contributed by atoms with Crippen molar-refractivity contribution >= 4 is 17.6 Å². The van der Waals surface area contributed by atoms with Gasteiger partial charge in [0, 0.05) is 36.8 Å². The number of nitrogens with one attached hydrogen (secondary N) is 1. The van der Waals surface area contributed by atoms with Crippen LogP contribution in [0.2, 0.25) is 0 Å². The fourth-order valence-electron chi connectivity index (χ4n) is 3.67. The summed E-state index contributed by atoms with van der Waals surface area (Å²) in [7, 11) is 0. The van der Waals surface area contributed by atoms with E-state index in [9.17, 15) is 14.4 Å². The quantitative estimate of drug-likeness (QED) is 0.692. The lowest BCUT2D eigenvalue weighted by molar-refractivity contribution is -0.121. The summed E-state index contributed by atoms with van der Waals surface area (Å²) >= 11 is 0. The van der Waals surface area contributed by atoms with Gasteiger partial charge in [-0.3, -0.25) is 14.4 Å². The summed E-state index contributed by atoms with van der Waals surface area (Å²) in [6.45, 7) is 4.26. The van der Waals surface area contributed by atoms with Crippen molar-refractivity contribution in [3.8, 4) is 5.69 Å². The first kappa shape index (κ1) is 20.5. The summed E-state index contributed by atoms with van der Waals surface area (Å²) in [6.07, 6.45) is 0.986. The van der Waals surface area contributed by atoms with Crippen LogP contribution in [-0.4, -0.2) is 44.7 Å². The Bertz CT molecular complexity index is 1160. The van der Waals surface area contributed by atoms with Crippen LogP contribution in [0, 0.1) is 19.8 Å². The second-order valence-electron chi connectivity index (χ2n) is 7.62. The molecule has 1 aliphatic heterocycles. The lowest BCUT2D eigenvalue weighted by atomic mass is 9.95. The van der Waals surface area contributed by atoms with Crippen LogP contribution >= 0.6 is 0 Å². The number of rotatable bonds is 4. The van der Waals surface area contributed by atoms with Gasteiger partial charge in [0.1, 0.15) is 5.76 Å². The highest BCUT2D eigenvalue weighted by molar-refractivity contribution is 5.93. The minimum atomic E-state index is -0.416. The van der Waals surface area contributed by atoms with Gasteiger partial charge in [0.05, 0.1) is 5.69 Å². The summed E-state index contributed by atoms with van der Waals surface area (Å²) in [6, 6.07) is 12.4. The molecule has 9 heteroatoms. The molecule has 1 aliphatic rings. The van der Waals surface area contributed by atoms with Crippen LogP contribution in [0.4, 0.5) is 5.82 Å². The molecule has 3 aromatic rings. The molecule has 160 valence electrons. The Morgan fingerprint density at radius 1 is 1.10 bits per heavy atom. The van der Waals surface area contributed by atoms with Crippen LogP contribution in [0.3, 0.4) is 0 Å². The third-order valence-corrected chi connectivity index (χ3v) is 5.34. The van der Waals surface area contributed by atoms with Crippen LogP contribution in [0.25, 0.3) is 5.69 Å². The number of hydrogen-bond donors (Lipinski definition) is 1. The zero-order valence-electron chi connectivity index (χ0n) is 17.4. The third kappa shape index (κ3) is 4.40. The van der Waals surface area contributed by atoms with Crippen molar-refractivity contribution in [2.45, 2.75) is 26.7 Å². The van der Waals surface area contributed by atoms with Crippen LogP contribution in [0.1, 0.15) is 34.8 Å². The normalized spacial score (nSPS) is 14.5. The molecule has 1 N–H and O–H groups in total. The number of aryl methyl sites for hydroxylation is 2. The topological polar surface area (TPSA) is 110 Å². The minimum Gasteiger partial charge on any atom is -0.360 e. The van der Waals surface area contributed by atoms with Gasteiger partial charge in [-0.2, -0.15) is 5.10 Å². The number of amides is 2. The van der Waals surface area contributed by atoms with E-state index in [-0.39, 0.29) is 17.5 Å². The minimum absolute atomic E-state index is 0.115. The number of likely N-dealkylation sites (tertiary alicyclic amines) is 1. The maximum Gasteiger partial charge on any atom is 0.278 e. The van der Waals surface area contributed by atoms with Gasteiger partial charge >= 0.3 is 0 Å². The van der Waals surface area contributed by atoms with Gasteiger partial charge in [-0.25, -0.2) is 4.68 Å². The van der Waals surface area contributed by atoms with E-state index in [4.69, 9.17) is 4.52 Å². The predicted molar refractivity (Wildman–Crippen MR) is 113 cm³/mol. The van der Waals surface area contributed by atoms with Crippen LogP contribution in [-0.2, 0) is 4.79 Å². The second-order valence-corrected chi connectivity index (χ2v) is 7.62. The number of benzene rings is 1. The van der Waals surface area contributed by atoms with Gasteiger partial charge in [-0.05, 0) is 38.8 Å². The highest BCUT2D eigenvalue weighted by Gasteiger charge is 2.30.